The number of amides is 1. The average Bonchev–Trinajstić information content (AvgIpc) is 3.05. The van der Waals surface area contributed by atoms with Crippen LogP contribution in [0.1, 0.15) is 68.3 Å². The van der Waals surface area contributed by atoms with Crippen molar-refractivity contribution in [3.8, 4) is 0 Å². The van der Waals surface area contributed by atoms with Crippen LogP contribution in [0, 0.1) is 0 Å². The lowest BCUT2D eigenvalue weighted by atomic mass is 9.81. The first-order valence-electron chi connectivity index (χ1n) is 11.1. The molecule has 0 bridgehead atoms. The van der Waals surface area contributed by atoms with E-state index in [1.54, 1.807) is 37.3 Å². The van der Waals surface area contributed by atoms with Crippen LogP contribution in [0.2, 0.25) is 0 Å². The van der Waals surface area contributed by atoms with Crippen molar-refractivity contribution in [1.29, 1.82) is 0 Å². The molecular formula is C24H32N2O5S2. The van der Waals surface area contributed by atoms with Gasteiger partial charge in [0.05, 0.1) is 22.8 Å². The summed E-state index contributed by atoms with van der Waals surface area (Å²) in [4.78, 5) is 26.8. The van der Waals surface area contributed by atoms with Gasteiger partial charge in [-0.25, -0.2) is 13.2 Å². The van der Waals surface area contributed by atoms with E-state index in [4.69, 9.17) is 4.74 Å². The summed E-state index contributed by atoms with van der Waals surface area (Å²) in [6.45, 7) is 10.2. The first-order chi connectivity index (χ1) is 15.4. The number of rotatable bonds is 8. The number of carbonyl (C=O) groups excluding carboxylic acids is 2. The van der Waals surface area contributed by atoms with Crippen molar-refractivity contribution in [2.75, 3.05) is 17.7 Å². The van der Waals surface area contributed by atoms with Crippen molar-refractivity contribution in [3.63, 3.8) is 0 Å². The highest BCUT2D eigenvalue weighted by molar-refractivity contribution is 7.91. The van der Waals surface area contributed by atoms with E-state index in [2.05, 4.69) is 38.3 Å². The molecule has 1 aromatic carbocycles. The van der Waals surface area contributed by atoms with Crippen molar-refractivity contribution >= 4 is 38.1 Å². The van der Waals surface area contributed by atoms with Crippen molar-refractivity contribution < 1.29 is 22.7 Å². The number of sulfone groups is 1. The van der Waals surface area contributed by atoms with Gasteiger partial charge in [-0.2, -0.15) is 0 Å². The highest BCUT2D eigenvalue weighted by atomic mass is 32.2. The minimum Gasteiger partial charge on any atom is -0.462 e. The van der Waals surface area contributed by atoms with E-state index in [0.717, 1.165) is 10.4 Å². The second-order valence-electron chi connectivity index (χ2n) is 9.43. The molecule has 7 nitrogen and oxygen atoms in total. The van der Waals surface area contributed by atoms with Gasteiger partial charge in [0.15, 0.2) is 9.84 Å². The zero-order chi connectivity index (χ0) is 24.4. The van der Waals surface area contributed by atoms with Crippen molar-refractivity contribution in [2.24, 2.45) is 0 Å². The lowest BCUT2D eigenvalue weighted by Gasteiger charge is -2.42. The van der Waals surface area contributed by atoms with Gasteiger partial charge in [-0.15, -0.1) is 11.3 Å². The van der Waals surface area contributed by atoms with E-state index in [-0.39, 0.29) is 47.1 Å². The molecule has 1 aliphatic rings. The number of anilines is 1. The first-order valence-corrected chi connectivity index (χ1v) is 13.5. The lowest BCUT2D eigenvalue weighted by Crippen LogP contribution is -2.55. The number of benzene rings is 1. The fourth-order valence-electron chi connectivity index (χ4n) is 4.39. The maximum atomic E-state index is 12.8. The zero-order valence-electron chi connectivity index (χ0n) is 19.8. The molecular weight excluding hydrogens is 460 g/mol. The van der Waals surface area contributed by atoms with Gasteiger partial charge in [0, 0.05) is 22.4 Å². The molecule has 2 aromatic rings. The lowest BCUT2D eigenvalue weighted by molar-refractivity contribution is -0.116. The molecule has 9 heteroatoms. The van der Waals surface area contributed by atoms with Crippen molar-refractivity contribution in [2.45, 2.75) is 69.9 Å². The van der Waals surface area contributed by atoms with Crippen molar-refractivity contribution in [3.05, 3.63) is 46.3 Å². The Balaban J connectivity index is 1.78. The van der Waals surface area contributed by atoms with Gasteiger partial charge in [-0.3, -0.25) is 4.79 Å². The van der Waals surface area contributed by atoms with Crippen LogP contribution in [0.5, 0.6) is 0 Å². The Morgan fingerprint density at radius 2 is 1.82 bits per heavy atom. The number of ether oxygens (including phenoxy) is 1. The molecule has 1 aliphatic heterocycles. The smallest absolute Gasteiger partial charge is 0.341 e. The number of thiophene rings is 1. The molecule has 0 unspecified atom stereocenters. The van der Waals surface area contributed by atoms with Gasteiger partial charge in [-0.05, 0) is 65.2 Å². The molecule has 0 atom stereocenters. The van der Waals surface area contributed by atoms with Crippen LogP contribution in [0.15, 0.2) is 35.2 Å². The molecule has 2 heterocycles. The third kappa shape index (κ3) is 5.83. The van der Waals surface area contributed by atoms with Crippen LogP contribution in [0.4, 0.5) is 5.00 Å². The largest absolute Gasteiger partial charge is 0.462 e. The molecule has 0 saturated heterocycles. The summed E-state index contributed by atoms with van der Waals surface area (Å²) in [7, 11) is -3.45. The minimum atomic E-state index is -3.45. The number of fused-ring (bicyclic) bond motifs is 1. The predicted octanol–water partition coefficient (Wildman–Crippen LogP) is 4.28. The molecule has 1 amide bonds. The van der Waals surface area contributed by atoms with Gasteiger partial charge >= 0.3 is 5.97 Å². The summed E-state index contributed by atoms with van der Waals surface area (Å²) in [5, 5.41) is 6.91. The fourth-order valence-corrected chi connectivity index (χ4v) is 7.01. The molecule has 0 aliphatic carbocycles. The zero-order valence-corrected chi connectivity index (χ0v) is 21.4. The Kier molecular flexibility index (Phi) is 7.36. The van der Waals surface area contributed by atoms with Gasteiger partial charge in [0.2, 0.25) is 5.91 Å². The Labute approximate surface area is 199 Å². The van der Waals surface area contributed by atoms with Gasteiger partial charge < -0.3 is 15.4 Å². The average molecular weight is 493 g/mol. The molecule has 0 saturated carbocycles. The third-order valence-corrected chi connectivity index (χ3v) is 8.78. The first kappa shape index (κ1) is 25.4. The van der Waals surface area contributed by atoms with Crippen LogP contribution in [0.3, 0.4) is 0 Å². The summed E-state index contributed by atoms with van der Waals surface area (Å²) >= 11 is 1.37. The quantitative estimate of drug-likeness (QED) is 0.534. The third-order valence-electron chi connectivity index (χ3n) is 5.50. The van der Waals surface area contributed by atoms with E-state index in [0.29, 0.717) is 17.0 Å². The molecule has 3 rings (SSSR count). The van der Waals surface area contributed by atoms with Crippen LogP contribution < -0.4 is 10.6 Å². The molecule has 1 aromatic heterocycles. The highest BCUT2D eigenvalue weighted by Gasteiger charge is 2.42. The number of hydrogen-bond acceptors (Lipinski definition) is 7. The van der Waals surface area contributed by atoms with Crippen LogP contribution in [-0.4, -0.2) is 38.2 Å². The number of hydrogen-bond donors (Lipinski definition) is 2. The Bertz CT molecular complexity index is 1140. The van der Waals surface area contributed by atoms with E-state index >= 15 is 0 Å². The standard InChI is InChI=1S/C24H32N2O5S2/c1-6-31-22(28)19-17-15-23(2,3)26-24(4,5)20(17)32-21(19)25-18(27)13-10-14-33(29,30)16-11-8-7-9-12-16/h7-9,11-12,26H,6,10,13-15H2,1-5H3,(H,25,27). The van der Waals surface area contributed by atoms with E-state index in [1.165, 1.54) is 11.3 Å². The summed E-state index contributed by atoms with van der Waals surface area (Å²) in [5.74, 6) is -0.903. The predicted molar refractivity (Wildman–Crippen MR) is 131 cm³/mol. The Morgan fingerprint density at radius 1 is 1.15 bits per heavy atom. The normalized spacial score (nSPS) is 16.6. The monoisotopic (exact) mass is 492 g/mol. The minimum absolute atomic E-state index is 0.0318. The Hall–Kier alpha value is -2.23. The van der Waals surface area contributed by atoms with Crippen LogP contribution in [-0.2, 0) is 31.3 Å². The SMILES string of the molecule is CCOC(=O)c1c(NC(=O)CCCS(=O)(=O)c2ccccc2)sc2c1CC(C)(C)NC2(C)C. The number of carbonyl (C=O) groups is 2. The van der Waals surface area contributed by atoms with E-state index in [1.807, 2.05) is 0 Å². The summed E-state index contributed by atoms with van der Waals surface area (Å²) in [6, 6.07) is 8.20. The summed E-state index contributed by atoms with van der Waals surface area (Å²) in [5.41, 5.74) is 0.695. The maximum absolute atomic E-state index is 12.8. The van der Waals surface area contributed by atoms with E-state index < -0.39 is 15.8 Å². The molecule has 0 radical (unpaired) electrons. The summed E-state index contributed by atoms with van der Waals surface area (Å²) in [6.07, 6.45) is 0.842. The second kappa shape index (κ2) is 9.56. The molecule has 180 valence electrons. The Morgan fingerprint density at radius 3 is 2.45 bits per heavy atom. The topological polar surface area (TPSA) is 102 Å². The fraction of sp³-hybridized carbons (Fsp3) is 0.500. The second-order valence-corrected chi connectivity index (χ2v) is 12.6. The van der Waals surface area contributed by atoms with E-state index in [9.17, 15) is 18.0 Å². The summed E-state index contributed by atoms with van der Waals surface area (Å²) < 4.78 is 30.2. The molecule has 33 heavy (non-hydrogen) atoms. The number of esters is 1. The van der Waals surface area contributed by atoms with Gasteiger partial charge in [0.1, 0.15) is 5.00 Å². The van der Waals surface area contributed by atoms with Crippen LogP contribution in [0.25, 0.3) is 0 Å². The number of nitrogens with one attached hydrogen (secondary N) is 2. The molecule has 0 spiro atoms. The maximum Gasteiger partial charge on any atom is 0.341 e. The van der Waals surface area contributed by atoms with Crippen LogP contribution >= 0.6 is 11.3 Å². The molecule has 0 fully saturated rings. The highest BCUT2D eigenvalue weighted by Crippen LogP contribution is 2.45. The van der Waals surface area contributed by atoms with Gasteiger partial charge in [-0.1, -0.05) is 18.2 Å². The molecule has 2 N–H and O–H groups in total. The van der Waals surface area contributed by atoms with Crippen molar-refractivity contribution in [1.82, 2.24) is 5.32 Å². The van der Waals surface area contributed by atoms with Gasteiger partial charge in [0.25, 0.3) is 0 Å².